The van der Waals surface area contributed by atoms with Crippen LogP contribution in [0.5, 0.6) is 11.5 Å². The fourth-order valence-corrected chi connectivity index (χ4v) is 3.08. The van der Waals surface area contributed by atoms with Crippen molar-refractivity contribution in [2.24, 2.45) is 11.7 Å². The minimum Gasteiger partial charge on any atom is -0.480 e. The van der Waals surface area contributed by atoms with Crippen LogP contribution in [0, 0.1) is 5.92 Å². The molecule has 1 aromatic carbocycles. The van der Waals surface area contributed by atoms with Crippen LogP contribution >= 0.6 is 0 Å². The van der Waals surface area contributed by atoms with Gasteiger partial charge >= 0.3 is 24.4 Å². The van der Waals surface area contributed by atoms with Crippen molar-refractivity contribution < 1.29 is 52.7 Å². The minimum absolute atomic E-state index is 0.0978. The predicted octanol–water partition coefficient (Wildman–Crippen LogP) is 4.23. The van der Waals surface area contributed by atoms with Gasteiger partial charge in [-0.25, -0.2) is 14.4 Å². The lowest BCUT2D eigenvalue weighted by molar-refractivity contribution is -0.139. The molecule has 12 heteroatoms. The van der Waals surface area contributed by atoms with Crippen molar-refractivity contribution in [1.82, 2.24) is 0 Å². The van der Waals surface area contributed by atoms with E-state index in [9.17, 15) is 24.3 Å². The Morgan fingerprint density at radius 3 is 1.92 bits per heavy atom. The number of hydrogen-bond donors (Lipinski definition) is 2. The van der Waals surface area contributed by atoms with Crippen LogP contribution in [0.15, 0.2) is 18.2 Å². The molecule has 0 bridgehead atoms. The van der Waals surface area contributed by atoms with Gasteiger partial charge in [-0.15, -0.1) is 0 Å². The van der Waals surface area contributed by atoms with E-state index in [2.05, 4.69) is 0 Å². The van der Waals surface area contributed by atoms with Crippen molar-refractivity contribution in [2.75, 3.05) is 19.8 Å². The molecule has 2 unspecified atom stereocenters. The molecule has 0 aromatic heterocycles. The molecule has 0 aliphatic heterocycles. The van der Waals surface area contributed by atoms with Crippen LogP contribution < -0.4 is 15.2 Å². The first-order chi connectivity index (χ1) is 17.0. The number of nitrogens with two attached hydrogens (primary N) is 1. The van der Waals surface area contributed by atoms with E-state index in [1.807, 2.05) is 0 Å². The third-order valence-corrected chi connectivity index (χ3v) is 4.67. The molecule has 0 amide bonds. The summed E-state index contributed by atoms with van der Waals surface area (Å²) in [7, 11) is 0. The largest absolute Gasteiger partial charge is 0.513 e. The number of carboxylic acid groups (broad SMARTS) is 1. The molecule has 0 radical (unpaired) electrons. The highest BCUT2D eigenvalue weighted by Gasteiger charge is 2.33. The fourth-order valence-electron chi connectivity index (χ4n) is 3.08. The van der Waals surface area contributed by atoms with E-state index in [0.29, 0.717) is 18.4 Å². The number of hydrogen-bond acceptors (Lipinski definition) is 11. The predicted molar refractivity (Wildman–Crippen MR) is 126 cm³/mol. The van der Waals surface area contributed by atoms with Crippen LogP contribution in [-0.4, -0.2) is 61.5 Å². The van der Waals surface area contributed by atoms with E-state index in [1.54, 1.807) is 34.6 Å². The van der Waals surface area contributed by atoms with Crippen molar-refractivity contribution >= 4 is 24.4 Å². The van der Waals surface area contributed by atoms with Crippen molar-refractivity contribution in [3.8, 4) is 11.5 Å². The second-order valence-electron chi connectivity index (χ2n) is 8.20. The van der Waals surface area contributed by atoms with E-state index >= 15 is 0 Å². The Morgan fingerprint density at radius 1 is 0.861 bits per heavy atom. The zero-order valence-electron chi connectivity index (χ0n) is 21.2. The van der Waals surface area contributed by atoms with E-state index < -0.39 is 48.4 Å². The number of carboxylic acids is 1. The molecule has 0 aliphatic carbocycles. The smallest absolute Gasteiger partial charge is 0.480 e. The maximum Gasteiger partial charge on any atom is 0.513 e. The van der Waals surface area contributed by atoms with E-state index in [4.69, 9.17) is 34.2 Å². The summed E-state index contributed by atoms with van der Waals surface area (Å²) in [5.74, 6) is -3.16. The minimum atomic E-state index is -1.41. The topological polar surface area (TPSA) is 170 Å². The SMILES string of the molecule is CCCOC(=O)Oc1ccc(C(C(C)COC(=O)OC(C)C)[C@H](N)C(=O)O)cc1OC(=O)OCCC. The average Bonchev–Trinajstić information content (AvgIpc) is 2.81. The van der Waals surface area contributed by atoms with Gasteiger partial charge in [-0.2, -0.15) is 0 Å². The van der Waals surface area contributed by atoms with Crippen molar-refractivity contribution in [3.63, 3.8) is 0 Å². The Hall–Kier alpha value is -3.54. The molecule has 1 rings (SSSR count). The van der Waals surface area contributed by atoms with Gasteiger partial charge < -0.3 is 39.3 Å². The summed E-state index contributed by atoms with van der Waals surface area (Å²) in [6.07, 6.45) is -2.24. The molecule has 0 aliphatic rings. The van der Waals surface area contributed by atoms with Crippen LogP contribution in [0.4, 0.5) is 14.4 Å². The van der Waals surface area contributed by atoms with E-state index in [0.717, 1.165) is 0 Å². The van der Waals surface area contributed by atoms with Gasteiger partial charge in [0.2, 0.25) is 0 Å². The molecule has 3 N–H and O–H groups in total. The quantitative estimate of drug-likeness (QED) is 0.219. The highest BCUT2D eigenvalue weighted by Crippen LogP contribution is 2.36. The second-order valence-corrected chi connectivity index (χ2v) is 8.20. The first-order valence-corrected chi connectivity index (χ1v) is 11.6. The summed E-state index contributed by atoms with van der Waals surface area (Å²) in [5, 5.41) is 9.58. The summed E-state index contributed by atoms with van der Waals surface area (Å²) in [6, 6.07) is 2.67. The molecule has 0 saturated heterocycles. The third kappa shape index (κ3) is 10.4. The maximum atomic E-state index is 12.1. The number of ether oxygens (including phenoxy) is 6. The molecule has 0 heterocycles. The van der Waals surface area contributed by atoms with Gasteiger partial charge in [-0.1, -0.05) is 26.8 Å². The van der Waals surface area contributed by atoms with E-state index in [-0.39, 0.29) is 31.3 Å². The zero-order valence-corrected chi connectivity index (χ0v) is 21.2. The molecule has 3 atom stereocenters. The van der Waals surface area contributed by atoms with Gasteiger partial charge in [0.05, 0.1) is 25.9 Å². The van der Waals surface area contributed by atoms with E-state index in [1.165, 1.54) is 18.2 Å². The number of carbonyl (C=O) groups is 4. The number of benzene rings is 1. The zero-order chi connectivity index (χ0) is 27.3. The Balaban J connectivity index is 3.29. The third-order valence-electron chi connectivity index (χ3n) is 4.67. The van der Waals surface area contributed by atoms with Crippen molar-refractivity contribution in [3.05, 3.63) is 23.8 Å². The lowest BCUT2D eigenvalue weighted by atomic mass is 9.82. The second kappa shape index (κ2) is 15.5. The van der Waals surface area contributed by atoms with Crippen LogP contribution in [-0.2, 0) is 23.7 Å². The highest BCUT2D eigenvalue weighted by molar-refractivity contribution is 5.75. The van der Waals surface area contributed by atoms with Gasteiger partial charge in [-0.3, -0.25) is 4.79 Å². The molecule has 12 nitrogen and oxygen atoms in total. The monoisotopic (exact) mass is 513 g/mol. The molecular weight excluding hydrogens is 478 g/mol. The van der Waals surface area contributed by atoms with Gasteiger partial charge in [0.25, 0.3) is 0 Å². The van der Waals surface area contributed by atoms with Crippen LogP contribution in [0.2, 0.25) is 0 Å². The first-order valence-electron chi connectivity index (χ1n) is 11.6. The Morgan fingerprint density at radius 2 is 1.42 bits per heavy atom. The Labute approximate surface area is 209 Å². The van der Waals surface area contributed by atoms with Gasteiger partial charge in [-0.05, 0) is 50.3 Å². The molecule has 0 fully saturated rings. The molecule has 202 valence electrons. The summed E-state index contributed by atoms with van der Waals surface area (Å²) >= 11 is 0. The van der Waals surface area contributed by atoms with Crippen molar-refractivity contribution in [1.29, 1.82) is 0 Å². The summed E-state index contributed by atoms with van der Waals surface area (Å²) < 4.78 is 30.2. The molecule has 0 spiro atoms. The van der Waals surface area contributed by atoms with Crippen LogP contribution in [0.1, 0.15) is 58.9 Å². The summed E-state index contributed by atoms with van der Waals surface area (Å²) in [4.78, 5) is 47.6. The van der Waals surface area contributed by atoms with Gasteiger partial charge in [0.1, 0.15) is 6.04 Å². The highest BCUT2D eigenvalue weighted by atomic mass is 16.7. The van der Waals surface area contributed by atoms with Gasteiger partial charge in [0, 0.05) is 5.92 Å². The Bertz CT molecular complexity index is 887. The number of rotatable bonds is 13. The summed E-state index contributed by atoms with van der Waals surface area (Å²) in [6.45, 7) is 8.57. The average molecular weight is 514 g/mol. The number of aliphatic carboxylic acids is 1. The van der Waals surface area contributed by atoms with Crippen LogP contribution in [0.3, 0.4) is 0 Å². The standard InChI is InChI=1S/C24H35NO11/c1-6-10-31-22(28)35-17-9-8-16(12-18(17)36-23(29)32-11-7-2)19(20(25)21(26)27)15(5)13-33-24(30)34-14(3)4/h8-9,12,14-15,19-20H,6-7,10-11,13,25H2,1-5H3,(H,26,27)/t15?,19?,20-/m0/s1. The Kier molecular flexibility index (Phi) is 13.1. The molecule has 0 saturated carbocycles. The molecule has 1 aromatic rings. The first kappa shape index (κ1) is 30.5. The normalized spacial score (nSPS) is 13.2. The van der Waals surface area contributed by atoms with Gasteiger partial charge in [0.15, 0.2) is 11.5 Å². The van der Waals surface area contributed by atoms with Crippen LogP contribution in [0.25, 0.3) is 0 Å². The molecule has 36 heavy (non-hydrogen) atoms. The lowest BCUT2D eigenvalue weighted by Crippen LogP contribution is -2.40. The number of carbonyl (C=O) groups excluding carboxylic acids is 3. The summed E-state index contributed by atoms with van der Waals surface area (Å²) in [5.41, 5.74) is 6.29. The van der Waals surface area contributed by atoms with Crippen molar-refractivity contribution in [2.45, 2.75) is 65.5 Å². The fraction of sp³-hybridized carbons (Fsp3) is 0.583. The molecular formula is C24H35NO11. The maximum absolute atomic E-state index is 12.1. The lowest BCUT2D eigenvalue weighted by Gasteiger charge is -2.28.